The molecule has 0 bridgehead atoms. The number of nitrogens with one attached hydrogen (secondary N) is 1. The third-order valence-electron chi connectivity index (χ3n) is 6.47. The van der Waals surface area contributed by atoms with Crippen molar-refractivity contribution in [3.8, 4) is 0 Å². The summed E-state index contributed by atoms with van der Waals surface area (Å²) in [4.78, 5) is 7.54. The Morgan fingerprint density at radius 1 is 1.03 bits per heavy atom. The third kappa shape index (κ3) is 5.70. The van der Waals surface area contributed by atoms with Gasteiger partial charge in [0.2, 0.25) is 0 Å². The van der Waals surface area contributed by atoms with E-state index in [0.29, 0.717) is 5.92 Å². The molecule has 4 rings (SSSR count). The van der Waals surface area contributed by atoms with Crippen LogP contribution < -0.4 is 0 Å². The summed E-state index contributed by atoms with van der Waals surface area (Å²) < 4.78 is 0. The number of benzene rings is 2. The van der Waals surface area contributed by atoms with E-state index in [1.54, 1.807) is 5.56 Å². The van der Waals surface area contributed by atoms with Crippen molar-refractivity contribution in [1.29, 1.82) is 0 Å². The number of unbranched alkanes of at least 4 members (excludes halogenated alkanes) is 2. The van der Waals surface area contributed by atoms with Gasteiger partial charge >= 0.3 is 0 Å². The molecule has 0 amide bonds. The lowest BCUT2D eigenvalue weighted by atomic mass is 9.90. The van der Waals surface area contributed by atoms with Gasteiger partial charge in [-0.3, -0.25) is 0 Å². The number of aryl methyl sites for hydroxylation is 1. The number of hydrogen-bond acceptors (Lipinski definition) is 2. The molecule has 1 aliphatic rings. The zero-order chi connectivity index (χ0) is 20.6. The molecule has 2 heterocycles. The summed E-state index contributed by atoms with van der Waals surface area (Å²) in [6, 6.07) is 18.1. The Labute approximate surface area is 186 Å². The van der Waals surface area contributed by atoms with Gasteiger partial charge in [-0.15, -0.1) is 11.8 Å². The second kappa shape index (κ2) is 11.1. The van der Waals surface area contributed by atoms with Crippen molar-refractivity contribution in [1.82, 2.24) is 9.88 Å². The number of piperidine rings is 1. The number of fused-ring (bicyclic) bond motifs is 1. The quantitative estimate of drug-likeness (QED) is 0.275. The molecule has 3 aromatic rings. The molecule has 1 fully saturated rings. The maximum absolute atomic E-state index is 3.41. The lowest BCUT2D eigenvalue weighted by Gasteiger charge is -2.33. The Morgan fingerprint density at radius 2 is 1.90 bits per heavy atom. The standard InChI is InChI=1S/C27H36N2S/c1-2-3-19-30-25-15-13-22(14-16-25)24-10-8-18-29(21-24)17-7-6-9-23-20-28-27-12-5-4-11-26(23)27/h4-5,11-16,20,24,28H,2-3,6-10,17-19,21H2,1H3. The van der Waals surface area contributed by atoms with Crippen LogP contribution in [-0.2, 0) is 6.42 Å². The maximum atomic E-state index is 3.41. The van der Waals surface area contributed by atoms with Crippen molar-refractivity contribution in [2.75, 3.05) is 25.4 Å². The summed E-state index contributed by atoms with van der Waals surface area (Å²) >= 11 is 2.00. The summed E-state index contributed by atoms with van der Waals surface area (Å²) in [5.74, 6) is 1.95. The summed E-state index contributed by atoms with van der Waals surface area (Å²) in [7, 11) is 0. The molecule has 160 valence electrons. The first-order chi connectivity index (χ1) is 14.8. The third-order valence-corrected chi connectivity index (χ3v) is 7.57. The molecule has 0 radical (unpaired) electrons. The van der Waals surface area contributed by atoms with Gasteiger partial charge in [0.05, 0.1) is 0 Å². The predicted octanol–water partition coefficient (Wildman–Crippen LogP) is 7.26. The number of H-pyrrole nitrogens is 1. The zero-order valence-electron chi connectivity index (χ0n) is 18.4. The van der Waals surface area contributed by atoms with Gasteiger partial charge in [-0.05, 0) is 92.6 Å². The highest BCUT2D eigenvalue weighted by atomic mass is 32.2. The molecule has 2 aromatic carbocycles. The van der Waals surface area contributed by atoms with E-state index in [1.807, 2.05) is 11.8 Å². The van der Waals surface area contributed by atoms with Crippen molar-refractivity contribution in [3.05, 3.63) is 65.9 Å². The number of likely N-dealkylation sites (tertiary alicyclic amines) is 1. The van der Waals surface area contributed by atoms with Gasteiger partial charge in [-0.1, -0.05) is 43.7 Å². The van der Waals surface area contributed by atoms with Crippen LogP contribution in [-0.4, -0.2) is 35.3 Å². The Balaban J connectivity index is 1.22. The minimum absolute atomic E-state index is 0.710. The number of rotatable bonds is 10. The van der Waals surface area contributed by atoms with Crippen molar-refractivity contribution >= 4 is 22.7 Å². The minimum atomic E-state index is 0.710. The highest BCUT2D eigenvalue weighted by Gasteiger charge is 2.21. The van der Waals surface area contributed by atoms with Gasteiger partial charge in [0.1, 0.15) is 0 Å². The molecule has 1 N–H and O–H groups in total. The van der Waals surface area contributed by atoms with Crippen LogP contribution in [0.1, 0.15) is 62.5 Å². The number of aromatic amines is 1. The minimum Gasteiger partial charge on any atom is -0.361 e. The van der Waals surface area contributed by atoms with Crippen LogP contribution in [0, 0.1) is 0 Å². The van der Waals surface area contributed by atoms with E-state index in [4.69, 9.17) is 0 Å². The van der Waals surface area contributed by atoms with E-state index in [9.17, 15) is 0 Å². The van der Waals surface area contributed by atoms with Gasteiger partial charge < -0.3 is 9.88 Å². The second-order valence-corrected chi connectivity index (χ2v) is 9.90. The van der Waals surface area contributed by atoms with Crippen molar-refractivity contribution in [2.45, 2.75) is 62.7 Å². The molecule has 0 spiro atoms. The van der Waals surface area contributed by atoms with Gasteiger partial charge in [0.15, 0.2) is 0 Å². The normalized spacial score (nSPS) is 17.6. The number of nitrogens with zero attached hydrogens (tertiary/aromatic N) is 1. The fourth-order valence-corrected chi connectivity index (χ4v) is 5.69. The molecule has 30 heavy (non-hydrogen) atoms. The van der Waals surface area contributed by atoms with Gasteiger partial charge in [0, 0.05) is 28.5 Å². The van der Waals surface area contributed by atoms with Crippen molar-refractivity contribution in [2.24, 2.45) is 0 Å². The Morgan fingerprint density at radius 3 is 2.77 bits per heavy atom. The Kier molecular flexibility index (Phi) is 7.94. The lowest BCUT2D eigenvalue weighted by molar-refractivity contribution is 0.204. The summed E-state index contributed by atoms with van der Waals surface area (Å²) in [5.41, 5.74) is 4.28. The predicted molar refractivity (Wildman–Crippen MR) is 132 cm³/mol. The fraction of sp³-hybridized carbons (Fsp3) is 0.481. The van der Waals surface area contributed by atoms with E-state index in [0.717, 1.165) is 0 Å². The molecule has 1 saturated heterocycles. The number of para-hydroxylation sites is 1. The number of hydrogen-bond donors (Lipinski definition) is 1. The largest absolute Gasteiger partial charge is 0.361 e. The molecular formula is C27H36N2S. The molecule has 1 aliphatic heterocycles. The SMILES string of the molecule is CCCCSc1ccc(C2CCCN(CCCCc3c[nH]c4ccccc34)C2)cc1. The summed E-state index contributed by atoms with van der Waals surface area (Å²) in [5, 5.41) is 1.40. The average Bonchev–Trinajstić information content (AvgIpc) is 3.21. The highest BCUT2D eigenvalue weighted by Crippen LogP contribution is 2.29. The first-order valence-corrected chi connectivity index (χ1v) is 12.8. The molecule has 0 aliphatic carbocycles. The maximum Gasteiger partial charge on any atom is 0.0456 e. The van der Waals surface area contributed by atoms with E-state index in [1.165, 1.54) is 91.7 Å². The Hall–Kier alpha value is -1.71. The van der Waals surface area contributed by atoms with Gasteiger partial charge in [0.25, 0.3) is 0 Å². The molecular weight excluding hydrogens is 384 g/mol. The average molecular weight is 421 g/mol. The topological polar surface area (TPSA) is 19.0 Å². The molecule has 1 unspecified atom stereocenters. The molecule has 1 atom stereocenters. The van der Waals surface area contributed by atoms with E-state index >= 15 is 0 Å². The smallest absolute Gasteiger partial charge is 0.0456 e. The molecule has 0 saturated carbocycles. The van der Waals surface area contributed by atoms with Crippen LogP contribution in [0.15, 0.2) is 59.6 Å². The number of thioether (sulfide) groups is 1. The lowest BCUT2D eigenvalue weighted by Crippen LogP contribution is -2.35. The van der Waals surface area contributed by atoms with Crippen molar-refractivity contribution < 1.29 is 0 Å². The van der Waals surface area contributed by atoms with E-state index in [2.05, 4.69) is 71.5 Å². The van der Waals surface area contributed by atoms with Crippen LogP contribution in [0.25, 0.3) is 10.9 Å². The van der Waals surface area contributed by atoms with E-state index < -0.39 is 0 Å². The van der Waals surface area contributed by atoms with Crippen LogP contribution in [0.3, 0.4) is 0 Å². The summed E-state index contributed by atoms with van der Waals surface area (Å²) in [6.07, 6.45) is 11.2. The molecule has 1 aromatic heterocycles. The fourth-order valence-electron chi connectivity index (χ4n) is 4.69. The second-order valence-electron chi connectivity index (χ2n) is 8.73. The van der Waals surface area contributed by atoms with Crippen LogP contribution in [0.2, 0.25) is 0 Å². The molecule has 2 nitrogen and oxygen atoms in total. The first kappa shape index (κ1) is 21.5. The zero-order valence-corrected chi connectivity index (χ0v) is 19.2. The number of aromatic nitrogens is 1. The first-order valence-electron chi connectivity index (χ1n) is 11.8. The highest BCUT2D eigenvalue weighted by molar-refractivity contribution is 7.99. The van der Waals surface area contributed by atoms with Crippen LogP contribution >= 0.6 is 11.8 Å². The Bertz CT molecular complexity index is 899. The monoisotopic (exact) mass is 420 g/mol. The van der Waals surface area contributed by atoms with Gasteiger partial charge in [-0.2, -0.15) is 0 Å². The van der Waals surface area contributed by atoms with Crippen LogP contribution in [0.5, 0.6) is 0 Å². The summed E-state index contributed by atoms with van der Waals surface area (Å²) in [6.45, 7) is 6.01. The van der Waals surface area contributed by atoms with Crippen molar-refractivity contribution in [3.63, 3.8) is 0 Å². The van der Waals surface area contributed by atoms with Gasteiger partial charge in [-0.25, -0.2) is 0 Å². The van der Waals surface area contributed by atoms with Crippen LogP contribution in [0.4, 0.5) is 0 Å². The molecule has 3 heteroatoms. The van der Waals surface area contributed by atoms with E-state index in [-0.39, 0.29) is 0 Å².